The first-order valence-electron chi connectivity index (χ1n) is 8.73. The Labute approximate surface area is 145 Å². The van der Waals surface area contributed by atoms with Crippen molar-refractivity contribution >= 4 is 11.9 Å². The number of nitrogens with zero attached hydrogens (tertiary/aromatic N) is 5. The molecule has 2 saturated heterocycles. The van der Waals surface area contributed by atoms with Gasteiger partial charge in [0.05, 0.1) is 5.92 Å². The zero-order chi connectivity index (χ0) is 17.2. The van der Waals surface area contributed by atoms with E-state index in [0.29, 0.717) is 31.2 Å². The molecular formula is C17H21N5O3. The minimum Gasteiger partial charge on any atom is -0.465 e. The zero-order valence-corrected chi connectivity index (χ0v) is 14.0. The molecule has 8 heteroatoms. The third kappa shape index (κ3) is 3.29. The molecular weight excluding hydrogens is 322 g/mol. The summed E-state index contributed by atoms with van der Waals surface area (Å²) in [5, 5.41) is 13.1. The first-order chi connectivity index (χ1) is 12.2. The number of aromatic nitrogens is 3. The van der Waals surface area contributed by atoms with Gasteiger partial charge in [0.1, 0.15) is 5.82 Å². The topological polar surface area (TPSA) is 95.6 Å². The largest absolute Gasteiger partial charge is 0.465 e. The lowest BCUT2D eigenvalue weighted by Crippen LogP contribution is -2.29. The maximum Gasteiger partial charge on any atom is 0.407 e. The normalized spacial score (nSPS) is 20.9. The summed E-state index contributed by atoms with van der Waals surface area (Å²) >= 11 is 0. The van der Waals surface area contributed by atoms with E-state index in [1.54, 1.807) is 6.20 Å². The molecule has 2 aromatic rings. The minimum absolute atomic E-state index is 0.0297. The first kappa shape index (κ1) is 15.9. The van der Waals surface area contributed by atoms with Crippen molar-refractivity contribution in [3.63, 3.8) is 0 Å². The van der Waals surface area contributed by atoms with Crippen LogP contribution in [0.15, 0.2) is 22.9 Å². The van der Waals surface area contributed by atoms with Crippen LogP contribution in [0.4, 0.5) is 10.6 Å². The average molecular weight is 343 g/mol. The Morgan fingerprint density at radius 1 is 1.20 bits per heavy atom. The molecule has 1 atom stereocenters. The van der Waals surface area contributed by atoms with E-state index >= 15 is 0 Å². The second-order valence-corrected chi connectivity index (χ2v) is 6.62. The van der Waals surface area contributed by atoms with Gasteiger partial charge in [0.2, 0.25) is 11.7 Å². The summed E-state index contributed by atoms with van der Waals surface area (Å²) < 4.78 is 5.36. The monoisotopic (exact) mass is 343 g/mol. The van der Waals surface area contributed by atoms with Crippen LogP contribution in [0.2, 0.25) is 0 Å². The molecule has 0 aromatic carbocycles. The quantitative estimate of drug-likeness (QED) is 0.915. The molecule has 0 radical (unpaired) electrons. The number of carboxylic acid groups (broad SMARTS) is 1. The van der Waals surface area contributed by atoms with Gasteiger partial charge < -0.3 is 19.4 Å². The third-order valence-electron chi connectivity index (χ3n) is 4.94. The number of piperidine rings is 1. The lowest BCUT2D eigenvalue weighted by molar-refractivity contribution is 0.154. The van der Waals surface area contributed by atoms with Gasteiger partial charge in [0, 0.05) is 37.9 Å². The second kappa shape index (κ2) is 6.70. The summed E-state index contributed by atoms with van der Waals surface area (Å²) in [6.07, 6.45) is 5.30. The van der Waals surface area contributed by atoms with Gasteiger partial charge in [0.25, 0.3) is 0 Å². The number of anilines is 1. The van der Waals surface area contributed by atoms with Gasteiger partial charge in [-0.3, -0.25) is 0 Å². The standard InChI is InChI=1S/C17H21N5O3/c23-17(24)22-9-6-13(11-22)16-19-15(20-25-16)12-4-5-14(18-10-12)21-7-2-1-3-8-21/h4-5,10,13H,1-3,6-9,11H2,(H,23,24). The highest BCUT2D eigenvalue weighted by molar-refractivity contribution is 5.65. The van der Waals surface area contributed by atoms with Crippen LogP contribution in [0.1, 0.15) is 37.5 Å². The van der Waals surface area contributed by atoms with Crippen LogP contribution in [0.5, 0.6) is 0 Å². The molecule has 0 spiro atoms. The fourth-order valence-electron chi connectivity index (χ4n) is 3.48. The highest BCUT2D eigenvalue weighted by Crippen LogP contribution is 2.28. The highest BCUT2D eigenvalue weighted by atomic mass is 16.5. The van der Waals surface area contributed by atoms with Gasteiger partial charge >= 0.3 is 6.09 Å². The zero-order valence-electron chi connectivity index (χ0n) is 14.0. The molecule has 0 bridgehead atoms. The number of rotatable bonds is 3. The molecule has 2 aliphatic heterocycles. The molecule has 8 nitrogen and oxygen atoms in total. The summed E-state index contributed by atoms with van der Waals surface area (Å²) in [5.74, 6) is 1.96. The van der Waals surface area contributed by atoms with E-state index < -0.39 is 6.09 Å². The number of hydrogen-bond donors (Lipinski definition) is 1. The fraction of sp³-hybridized carbons (Fsp3) is 0.529. The lowest BCUT2D eigenvalue weighted by Gasteiger charge is -2.27. The molecule has 1 unspecified atom stereocenters. The number of hydrogen-bond acceptors (Lipinski definition) is 6. The molecule has 4 rings (SSSR count). The van der Waals surface area contributed by atoms with E-state index in [9.17, 15) is 4.79 Å². The van der Waals surface area contributed by atoms with Gasteiger partial charge in [-0.15, -0.1) is 0 Å². The molecule has 25 heavy (non-hydrogen) atoms. The third-order valence-corrected chi connectivity index (χ3v) is 4.94. The predicted octanol–water partition coefficient (Wildman–Crippen LogP) is 2.59. The number of pyridine rings is 1. The van der Waals surface area contributed by atoms with E-state index in [1.807, 2.05) is 12.1 Å². The van der Waals surface area contributed by atoms with Crippen LogP contribution in [-0.2, 0) is 0 Å². The van der Waals surface area contributed by atoms with Gasteiger partial charge in [-0.25, -0.2) is 9.78 Å². The van der Waals surface area contributed by atoms with Crippen LogP contribution in [0, 0.1) is 0 Å². The van der Waals surface area contributed by atoms with Crippen LogP contribution >= 0.6 is 0 Å². The molecule has 1 N–H and O–H groups in total. The van der Waals surface area contributed by atoms with E-state index in [1.165, 1.54) is 24.2 Å². The van der Waals surface area contributed by atoms with Crippen molar-refractivity contribution in [3.8, 4) is 11.4 Å². The maximum absolute atomic E-state index is 11.0. The highest BCUT2D eigenvalue weighted by Gasteiger charge is 2.31. The Bertz CT molecular complexity index is 739. The molecule has 2 aliphatic rings. The molecule has 1 amide bonds. The molecule has 4 heterocycles. The molecule has 0 aliphatic carbocycles. The van der Waals surface area contributed by atoms with Crippen LogP contribution < -0.4 is 4.90 Å². The van der Waals surface area contributed by atoms with Gasteiger partial charge in [-0.2, -0.15) is 4.98 Å². The second-order valence-electron chi connectivity index (χ2n) is 6.62. The number of likely N-dealkylation sites (tertiary alicyclic amines) is 1. The fourth-order valence-corrected chi connectivity index (χ4v) is 3.48. The van der Waals surface area contributed by atoms with Crippen molar-refractivity contribution in [3.05, 3.63) is 24.2 Å². The van der Waals surface area contributed by atoms with Gasteiger partial charge in [-0.1, -0.05) is 5.16 Å². The SMILES string of the molecule is O=C(O)N1CCC(c2nc(-c3ccc(N4CCCCC4)nc3)no2)C1. The Balaban J connectivity index is 1.46. The maximum atomic E-state index is 11.0. The molecule has 0 saturated carbocycles. The Kier molecular flexibility index (Phi) is 4.25. The smallest absolute Gasteiger partial charge is 0.407 e. The summed E-state index contributed by atoms with van der Waals surface area (Å²) in [6, 6.07) is 3.96. The summed E-state index contributed by atoms with van der Waals surface area (Å²) in [5.41, 5.74) is 0.809. The van der Waals surface area contributed by atoms with Crippen LogP contribution in [-0.4, -0.2) is 57.4 Å². The van der Waals surface area contributed by atoms with E-state index in [2.05, 4.69) is 20.0 Å². The van der Waals surface area contributed by atoms with Crippen molar-refractivity contribution in [1.29, 1.82) is 0 Å². The van der Waals surface area contributed by atoms with E-state index in [4.69, 9.17) is 9.63 Å². The molecule has 2 fully saturated rings. The predicted molar refractivity (Wildman–Crippen MR) is 90.5 cm³/mol. The summed E-state index contributed by atoms with van der Waals surface area (Å²) in [6.45, 7) is 3.02. The van der Waals surface area contributed by atoms with Gasteiger partial charge in [-0.05, 0) is 37.8 Å². The summed E-state index contributed by atoms with van der Waals surface area (Å²) in [4.78, 5) is 23.7. The van der Waals surface area contributed by atoms with Crippen molar-refractivity contribution in [1.82, 2.24) is 20.0 Å². The minimum atomic E-state index is -0.903. The first-order valence-corrected chi connectivity index (χ1v) is 8.73. The number of carbonyl (C=O) groups is 1. The molecule has 2 aromatic heterocycles. The Hall–Kier alpha value is -2.64. The Morgan fingerprint density at radius 3 is 2.72 bits per heavy atom. The summed E-state index contributed by atoms with van der Waals surface area (Å²) in [7, 11) is 0. The van der Waals surface area contributed by atoms with E-state index in [-0.39, 0.29) is 5.92 Å². The lowest BCUT2D eigenvalue weighted by atomic mass is 10.1. The van der Waals surface area contributed by atoms with Crippen molar-refractivity contribution in [2.75, 3.05) is 31.1 Å². The van der Waals surface area contributed by atoms with Crippen molar-refractivity contribution < 1.29 is 14.4 Å². The van der Waals surface area contributed by atoms with Crippen molar-refractivity contribution in [2.24, 2.45) is 0 Å². The Morgan fingerprint density at radius 2 is 2.04 bits per heavy atom. The van der Waals surface area contributed by atoms with Crippen LogP contribution in [0.25, 0.3) is 11.4 Å². The molecule has 132 valence electrons. The van der Waals surface area contributed by atoms with Crippen molar-refractivity contribution in [2.45, 2.75) is 31.6 Å². The van der Waals surface area contributed by atoms with Crippen LogP contribution in [0.3, 0.4) is 0 Å². The van der Waals surface area contributed by atoms with Gasteiger partial charge in [0.15, 0.2) is 0 Å². The number of amides is 1. The van der Waals surface area contributed by atoms with E-state index in [0.717, 1.165) is 24.5 Å². The average Bonchev–Trinajstić information content (AvgIpc) is 3.32.